The summed E-state index contributed by atoms with van der Waals surface area (Å²) >= 11 is 0. The van der Waals surface area contributed by atoms with Crippen molar-refractivity contribution in [1.82, 2.24) is 10.6 Å². The maximum absolute atomic E-state index is 14.4. The van der Waals surface area contributed by atoms with Crippen molar-refractivity contribution in [3.8, 4) is 0 Å². The fraction of sp³-hybridized carbons (Fsp3) is 0.306. The molecule has 0 aliphatic carbocycles. The highest BCUT2D eigenvalue weighted by molar-refractivity contribution is 7.86. The van der Waals surface area contributed by atoms with Gasteiger partial charge in [-0.15, -0.1) is 0 Å². The fourth-order valence-electron chi connectivity index (χ4n) is 17.1. The van der Waals surface area contributed by atoms with Gasteiger partial charge in [0.1, 0.15) is 19.6 Å². The molecule has 6 aliphatic heterocycles. The molecule has 10 N–H and O–H groups in total. The van der Waals surface area contributed by atoms with Gasteiger partial charge in [0.15, 0.2) is 17.1 Å². The Balaban J connectivity index is 0.781. The van der Waals surface area contributed by atoms with E-state index < -0.39 is 135 Å². The first-order valence-corrected chi connectivity index (χ1v) is 43.2. The summed E-state index contributed by atoms with van der Waals surface area (Å²) in [5, 5.41) is 46.4. The van der Waals surface area contributed by atoms with Crippen LogP contribution in [0.4, 0.5) is 34.1 Å². The van der Waals surface area contributed by atoms with E-state index in [1.807, 2.05) is 67.5 Å². The van der Waals surface area contributed by atoms with Gasteiger partial charge in [0, 0.05) is 117 Å². The zero-order valence-electron chi connectivity index (χ0n) is 67.0. The van der Waals surface area contributed by atoms with E-state index in [1.165, 1.54) is 82.3 Å². The summed E-state index contributed by atoms with van der Waals surface area (Å²) in [5.74, 6) is -5.54. The Morgan fingerprint density at radius 2 is 0.630 bits per heavy atom. The molecule has 34 heteroatoms. The van der Waals surface area contributed by atoms with Crippen LogP contribution in [0.1, 0.15) is 128 Å². The highest BCUT2D eigenvalue weighted by atomic mass is 32.2. The molecule has 0 spiro atoms. The van der Waals surface area contributed by atoms with Crippen LogP contribution < -0.4 is 25.3 Å². The lowest BCUT2D eigenvalue weighted by Crippen LogP contribution is -2.37. The van der Waals surface area contributed by atoms with E-state index in [1.54, 1.807) is 138 Å². The smallest absolute Gasteiger partial charge is 0.370 e. The lowest BCUT2D eigenvalue weighted by Gasteiger charge is -2.26. The second kappa shape index (κ2) is 30.9. The molecule has 2 amide bonds. The number of hydrogen-bond donors (Lipinski definition) is 10. The number of rotatable bonds is 27. The summed E-state index contributed by atoms with van der Waals surface area (Å²) in [6.45, 7) is 19.6. The molecule has 0 saturated heterocycles. The molecule has 0 bridgehead atoms. The first-order valence-electron chi connectivity index (χ1n) is 37.4. The van der Waals surface area contributed by atoms with E-state index in [9.17, 15) is 101 Å². The third-order valence-electron chi connectivity index (χ3n) is 23.1. The fourth-order valence-corrected chi connectivity index (χ4v) is 19.1. The van der Waals surface area contributed by atoms with Crippen molar-refractivity contribution < 1.29 is 115 Å². The molecule has 0 aromatic heterocycles. The van der Waals surface area contributed by atoms with Gasteiger partial charge < -0.3 is 45.8 Å². The largest absolute Gasteiger partial charge is 0.480 e. The minimum atomic E-state index is -4.70. The Labute approximate surface area is 688 Å². The van der Waals surface area contributed by atoms with Crippen LogP contribution in [0, 0.1) is 0 Å². The van der Waals surface area contributed by atoms with Crippen LogP contribution in [-0.2, 0) is 115 Å². The number of aliphatic carboxylic acids is 4. The Hall–Kier alpha value is -11.6. The predicted octanol–water partition coefficient (Wildman–Crippen LogP) is 10.0. The number of carbonyl (C=O) groups is 6. The third-order valence-corrected chi connectivity index (χ3v) is 26.5. The second-order valence-corrected chi connectivity index (χ2v) is 38.7. The van der Waals surface area contributed by atoms with Crippen molar-refractivity contribution >= 4 is 127 Å². The van der Waals surface area contributed by atoms with Gasteiger partial charge in [0.05, 0.1) is 35.8 Å². The first-order chi connectivity index (χ1) is 55.2. The van der Waals surface area contributed by atoms with Gasteiger partial charge in [-0.3, -0.25) is 37.4 Å². The van der Waals surface area contributed by atoms with Crippen molar-refractivity contribution in [2.24, 2.45) is 0 Å². The number of carboxylic acid groups (broad SMARTS) is 4. The van der Waals surface area contributed by atoms with Gasteiger partial charge >= 0.3 is 23.9 Å². The van der Waals surface area contributed by atoms with Crippen molar-refractivity contribution in [1.29, 1.82) is 0 Å². The number of benzene rings is 6. The topological polar surface area (TPSA) is 444 Å². The molecule has 30 nitrogen and oxygen atoms in total. The van der Waals surface area contributed by atoms with Crippen LogP contribution in [0.2, 0.25) is 0 Å². The van der Waals surface area contributed by atoms with Crippen LogP contribution in [0.3, 0.4) is 0 Å². The quantitative estimate of drug-likeness (QED) is 0.0130. The van der Waals surface area contributed by atoms with Crippen LogP contribution in [-0.4, -0.2) is 178 Å². The minimum absolute atomic E-state index is 0.00446. The number of anilines is 3. The number of fused-ring (bicyclic) bond motifs is 6. The Morgan fingerprint density at radius 3 is 1.01 bits per heavy atom. The van der Waals surface area contributed by atoms with Gasteiger partial charge in [0.25, 0.3) is 46.4 Å². The molecule has 0 unspecified atom stereocenters. The van der Waals surface area contributed by atoms with E-state index in [-0.39, 0.29) is 45.8 Å². The number of nitrogens with zero attached hydrogens (tertiary/aromatic N) is 6. The Bertz CT molecular complexity index is 6270. The molecule has 0 radical (unpaired) electrons. The summed E-state index contributed by atoms with van der Waals surface area (Å²) in [6.07, 6.45) is 18.7. The number of allylic oxidation sites excluding steroid dienone is 14. The predicted molar refractivity (Wildman–Crippen MR) is 443 cm³/mol. The van der Waals surface area contributed by atoms with E-state index in [0.29, 0.717) is 102 Å². The third kappa shape index (κ3) is 16.6. The summed E-state index contributed by atoms with van der Waals surface area (Å²) in [4.78, 5) is 81.8. The molecule has 0 saturated carbocycles. The summed E-state index contributed by atoms with van der Waals surface area (Å²) < 4.78 is 144. The maximum atomic E-state index is 14.4. The van der Waals surface area contributed by atoms with E-state index in [4.69, 9.17) is 0 Å². The standard InChI is InChI=1S/C85H88N8O22S4/c1-80(2)56-36-50(24-30-62(56)90(46-76(96)97)70(80)20-16-22-72-84(9,10)60-40-54(118(110,111)112)28-34-66(60)92(72)48-78(100)101)42-86-74(94)44-88-64-32-26-52(116(104,105)106)38-58(64)82(5,6)68(88)18-14-13-15-19-69-83(7,8)59-39-53(117(107,108)109)27-33-65(59)89(69)45-75(95)87-43-51-25-31-63-57(37-51)81(3,4)71(91(63)47-77(98)99)21-17-23-73-85(11,12)61-41-55(119(113,114)115)29-35-67(61)93(73)49-79(102)103/h13-41H,42-49H2,1-12H3,(H7-3,86,87,94,95,96,97,98,99,100,101,102,103,104,105,106,107,108,109,110,111,112,113,114,115)/p+3. The van der Waals surface area contributed by atoms with Crippen molar-refractivity contribution in [2.45, 2.75) is 148 Å². The van der Waals surface area contributed by atoms with Crippen LogP contribution >= 0.6 is 0 Å². The van der Waals surface area contributed by atoms with Crippen LogP contribution in [0.5, 0.6) is 0 Å². The number of nitrogens with one attached hydrogen (secondary N) is 2. The minimum Gasteiger partial charge on any atom is -0.480 e. The molecule has 6 aromatic rings. The molecule has 119 heavy (non-hydrogen) atoms. The monoisotopic (exact) mass is 1700 g/mol. The van der Waals surface area contributed by atoms with Crippen molar-refractivity contribution in [3.63, 3.8) is 0 Å². The number of carbonyl (C=O) groups excluding carboxylic acids is 2. The van der Waals surface area contributed by atoms with Gasteiger partial charge in [-0.1, -0.05) is 90.1 Å². The van der Waals surface area contributed by atoms with Crippen LogP contribution in [0.25, 0.3) is 0 Å². The maximum Gasteiger partial charge on any atom is 0.370 e. The second-order valence-electron chi connectivity index (χ2n) is 33.0. The molecule has 6 aliphatic rings. The first kappa shape index (κ1) is 86.7. The van der Waals surface area contributed by atoms with E-state index in [0.717, 1.165) is 11.1 Å². The van der Waals surface area contributed by atoms with Crippen molar-refractivity contribution in [3.05, 3.63) is 238 Å². The summed E-state index contributed by atoms with van der Waals surface area (Å²) in [7, 11) is -18.6. The Kier molecular flexibility index (Phi) is 22.5. The highest BCUT2D eigenvalue weighted by Crippen LogP contribution is 2.53. The molecular formula is C85H91N8O22S4+3. The number of carboxylic acids is 4. The number of hydrogen-bond acceptors (Lipinski definition) is 17. The molecule has 12 rings (SSSR count). The number of amides is 2. The normalized spacial score (nSPS) is 19.0. The van der Waals surface area contributed by atoms with Gasteiger partial charge in [0.2, 0.25) is 42.6 Å². The van der Waals surface area contributed by atoms with E-state index >= 15 is 0 Å². The molecule has 0 fully saturated rings. The highest BCUT2D eigenvalue weighted by Gasteiger charge is 2.51. The van der Waals surface area contributed by atoms with Gasteiger partial charge in [-0.2, -0.15) is 47.4 Å². The Morgan fingerprint density at radius 1 is 0.336 bits per heavy atom. The zero-order valence-corrected chi connectivity index (χ0v) is 70.3. The molecule has 624 valence electrons. The van der Waals surface area contributed by atoms with Gasteiger partial charge in [-0.05, 0) is 160 Å². The lowest BCUT2D eigenvalue weighted by molar-refractivity contribution is -0.428. The summed E-state index contributed by atoms with van der Waals surface area (Å²) in [5.41, 5.74) is 4.93. The summed E-state index contributed by atoms with van der Waals surface area (Å²) in [6, 6.07) is 26.7. The SMILES string of the molecule is CC1(C)C(/C=C/C=C2/N(CC(=O)O)c3ccc(S(=O)(=O)O)cc3C2(C)C)=[N+](CC(=O)O)c2ccc(CNC(=O)CN3/C(=C/C=C/C=C/C4=[N+](CC(=O)NCc5ccc6c(c5)C(C)(C)/C(=C\C=C\C5=[N+](CC(=O)O)c7ccc(S(=O)(=O)O)cc7C5(C)C)N6CC(=O)O)c5ccc(S(=O)(=O)O)cc5C4(C)C)C(C)(C)c4cc(S(=O)(=O)O)ccc43)cc21. The average Bonchev–Trinajstić information content (AvgIpc) is 1.63. The zero-order chi connectivity index (χ0) is 87.4. The van der Waals surface area contributed by atoms with E-state index in [2.05, 4.69) is 10.6 Å². The van der Waals surface area contributed by atoms with Gasteiger partial charge in [-0.25, -0.2) is 9.59 Å². The van der Waals surface area contributed by atoms with Crippen LogP contribution in [0.15, 0.2) is 213 Å². The molecule has 6 aromatic carbocycles. The molecular weight excluding hydrogens is 1610 g/mol. The van der Waals surface area contributed by atoms with Crippen molar-refractivity contribution in [2.75, 3.05) is 54.0 Å². The molecule has 6 heterocycles. The lowest BCUT2D eigenvalue weighted by atomic mass is 9.80. The average molecular weight is 1700 g/mol. The molecule has 0 atom stereocenters.